The van der Waals surface area contributed by atoms with E-state index >= 15 is 0 Å². The molecule has 2 aromatic carbocycles. The highest BCUT2D eigenvalue weighted by Crippen LogP contribution is 2.36. The van der Waals surface area contributed by atoms with Gasteiger partial charge in [-0.1, -0.05) is 23.7 Å². The third kappa shape index (κ3) is 3.35. The highest BCUT2D eigenvalue weighted by atomic mass is 35.5. The average Bonchev–Trinajstić information content (AvgIpc) is 2.47. The summed E-state index contributed by atoms with van der Waals surface area (Å²) in [6, 6.07) is 10.3. The minimum absolute atomic E-state index is 0.219. The van der Waals surface area contributed by atoms with Gasteiger partial charge in [0, 0.05) is 6.54 Å². The van der Waals surface area contributed by atoms with Gasteiger partial charge in [0.05, 0.1) is 12.1 Å². The number of rotatable bonds is 5. The maximum absolute atomic E-state index is 9.23. The summed E-state index contributed by atoms with van der Waals surface area (Å²) in [6.45, 7) is 0.715. The number of hydrogen-bond acceptors (Lipinski definition) is 4. The largest absolute Gasteiger partial charge is 0.508 e. The number of phenols is 1. The number of nitrogens with two attached hydrogens (primary N) is 1. The lowest BCUT2D eigenvalue weighted by molar-refractivity contribution is 0.284. The van der Waals surface area contributed by atoms with Crippen molar-refractivity contribution < 1.29 is 14.6 Å². The lowest BCUT2D eigenvalue weighted by Crippen LogP contribution is -2.01. The van der Waals surface area contributed by atoms with Gasteiger partial charge in [-0.25, -0.2) is 0 Å². The number of halogens is 1. The predicted molar refractivity (Wildman–Crippen MR) is 78.3 cm³/mol. The topological polar surface area (TPSA) is 64.7 Å². The first-order valence-electron chi connectivity index (χ1n) is 6.11. The molecule has 5 heteroatoms. The molecule has 0 aliphatic carbocycles. The molecule has 0 unspecified atom stereocenters. The molecule has 2 aromatic rings. The lowest BCUT2D eigenvalue weighted by atomic mass is 10.2. The summed E-state index contributed by atoms with van der Waals surface area (Å²) in [5.41, 5.74) is 7.39. The first-order valence-corrected chi connectivity index (χ1v) is 6.49. The highest BCUT2D eigenvalue weighted by Gasteiger charge is 2.11. The molecule has 0 saturated carbocycles. The molecule has 0 aliphatic heterocycles. The number of methoxy groups -OCH3 is 1. The molecule has 0 spiro atoms. The summed E-state index contributed by atoms with van der Waals surface area (Å²) < 4.78 is 11.0. The number of aromatic hydroxyl groups is 1. The fourth-order valence-corrected chi connectivity index (χ4v) is 2.07. The summed E-state index contributed by atoms with van der Waals surface area (Å²) in [6.07, 6.45) is 0. The predicted octanol–water partition coefficient (Wildman–Crippen LogP) is 3.09. The van der Waals surface area contributed by atoms with E-state index in [0.29, 0.717) is 29.7 Å². The second-order valence-electron chi connectivity index (χ2n) is 4.27. The van der Waals surface area contributed by atoms with Gasteiger partial charge in [0.1, 0.15) is 12.4 Å². The zero-order chi connectivity index (χ0) is 14.5. The van der Waals surface area contributed by atoms with Crippen molar-refractivity contribution in [3.05, 3.63) is 52.5 Å². The lowest BCUT2D eigenvalue weighted by Gasteiger charge is -2.14. The molecule has 0 amide bonds. The van der Waals surface area contributed by atoms with Crippen LogP contribution in [0.15, 0.2) is 36.4 Å². The van der Waals surface area contributed by atoms with Crippen molar-refractivity contribution in [2.75, 3.05) is 7.11 Å². The van der Waals surface area contributed by atoms with E-state index < -0.39 is 0 Å². The van der Waals surface area contributed by atoms with Crippen LogP contribution in [0.3, 0.4) is 0 Å². The Morgan fingerprint density at radius 2 is 1.85 bits per heavy atom. The average molecular weight is 294 g/mol. The van der Waals surface area contributed by atoms with Gasteiger partial charge in [-0.05, 0) is 35.4 Å². The number of ether oxygens (including phenoxy) is 2. The molecule has 0 heterocycles. The molecule has 20 heavy (non-hydrogen) atoms. The van der Waals surface area contributed by atoms with Gasteiger partial charge < -0.3 is 20.3 Å². The monoisotopic (exact) mass is 293 g/mol. The summed E-state index contributed by atoms with van der Waals surface area (Å²) >= 11 is 6.18. The molecular weight excluding hydrogens is 278 g/mol. The Labute approximate surface area is 122 Å². The minimum Gasteiger partial charge on any atom is -0.508 e. The summed E-state index contributed by atoms with van der Waals surface area (Å²) in [5.74, 6) is 1.26. The van der Waals surface area contributed by atoms with E-state index in [4.69, 9.17) is 26.8 Å². The molecule has 4 nitrogen and oxygen atoms in total. The molecule has 0 aromatic heterocycles. The van der Waals surface area contributed by atoms with E-state index in [1.165, 1.54) is 0 Å². The van der Waals surface area contributed by atoms with Crippen molar-refractivity contribution in [3.63, 3.8) is 0 Å². The van der Waals surface area contributed by atoms with Gasteiger partial charge >= 0.3 is 0 Å². The molecular formula is C15H16ClNO3. The number of hydrogen-bond donors (Lipinski definition) is 2. The smallest absolute Gasteiger partial charge is 0.180 e. The van der Waals surface area contributed by atoms with E-state index in [-0.39, 0.29) is 5.75 Å². The van der Waals surface area contributed by atoms with Crippen LogP contribution in [-0.4, -0.2) is 12.2 Å². The second kappa shape index (κ2) is 6.50. The third-order valence-electron chi connectivity index (χ3n) is 2.84. The summed E-state index contributed by atoms with van der Waals surface area (Å²) in [7, 11) is 1.55. The van der Waals surface area contributed by atoms with Crippen molar-refractivity contribution in [1.29, 1.82) is 0 Å². The van der Waals surface area contributed by atoms with Gasteiger partial charge in [0.2, 0.25) is 0 Å². The van der Waals surface area contributed by atoms with Crippen LogP contribution in [0.4, 0.5) is 0 Å². The maximum atomic E-state index is 9.23. The fourth-order valence-electron chi connectivity index (χ4n) is 1.78. The van der Waals surface area contributed by atoms with Crippen LogP contribution in [-0.2, 0) is 13.2 Å². The zero-order valence-corrected chi connectivity index (χ0v) is 11.9. The maximum Gasteiger partial charge on any atom is 0.180 e. The van der Waals surface area contributed by atoms with Crippen molar-refractivity contribution in [3.8, 4) is 17.2 Å². The first kappa shape index (κ1) is 14.5. The molecule has 0 saturated heterocycles. The van der Waals surface area contributed by atoms with Crippen molar-refractivity contribution in [2.24, 2.45) is 5.73 Å². The molecule has 0 radical (unpaired) electrons. The van der Waals surface area contributed by atoms with Crippen LogP contribution in [0, 0.1) is 0 Å². The van der Waals surface area contributed by atoms with Crippen LogP contribution >= 0.6 is 11.6 Å². The Bertz CT molecular complexity index is 584. The molecule has 3 N–H and O–H groups in total. The molecule has 2 rings (SSSR count). The van der Waals surface area contributed by atoms with Crippen LogP contribution in [0.25, 0.3) is 0 Å². The Hall–Kier alpha value is -1.91. The van der Waals surface area contributed by atoms with Crippen molar-refractivity contribution in [2.45, 2.75) is 13.2 Å². The van der Waals surface area contributed by atoms with Crippen molar-refractivity contribution in [1.82, 2.24) is 0 Å². The van der Waals surface area contributed by atoms with Gasteiger partial charge in [-0.3, -0.25) is 0 Å². The fraction of sp³-hybridized carbons (Fsp3) is 0.200. The molecule has 0 aliphatic rings. The Morgan fingerprint density at radius 1 is 1.15 bits per heavy atom. The molecule has 0 bridgehead atoms. The van der Waals surface area contributed by atoms with Crippen LogP contribution < -0.4 is 15.2 Å². The molecule has 0 atom stereocenters. The van der Waals surface area contributed by atoms with Gasteiger partial charge in [0.25, 0.3) is 0 Å². The van der Waals surface area contributed by atoms with E-state index in [1.54, 1.807) is 43.5 Å². The SMILES string of the molecule is COc1cc(CN)cc(Cl)c1OCc1ccc(O)cc1. The first-order chi connectivity index (χ1) is 9.63. The van der Waals surface area contributed by atoms with E-state index in [1.807, 2.05) is 0 Å². The van der Waals surface area contributed by atoms with Crippen LogP contribution in [0.1, 0.15) is 11.1 Å². The minimum atomic E-state index is 0.219. The summed E-state index contributed by atoms with van der Waals surface area (Å²) in [5, 5.41) is 9.69. The Morgan fingerprint density at radius 3 is 2.45 bits per heavy atom. The van der Waals surface area contributed by atoms with Crippen molar-refractivity contribution >= 4 is 11.6 Å². The summed E-state index contributed by atoms with van der Waals surface area (Å²) in [4.78, 5) is 0. The standard InChI is InChI=1S/C15H16ClNO3/c1-19-14-7-11(8-17)6-13(16)15(14)20-9-10-2-4-12(18)5-3-10/h2-7,18H,8-9,17H2,1H3. The van der Waals surface area contributed by atoms with Gasteiger partial charge in [0.15, 0.2) is 11.5 Å². The van der Waals surface area contributed by atoms with Crippen LogP contribution in [0.2, 0.25) is 5.02 Å². The van der Waals surface area contributed by atoms with Gasteiger partial charge in [-0.2, -0.15) is 0 Å². The zero-order valence-electron chi connectivity index (χ0n) is 11.1. The second-order valence-corrected chi connectivity index (χ2v) is 4.68. The number of benzene rings is 2. The normalized spacial score (nSPS) is 10.3. The van der Waals surface area contributed by atoms with E-state index in [9.17, 15) is 5.11 Å². The van der Waals surface area contributed by atoms with E-state index in [2.05, 4.69) is 0 Å². The van der Waals surface area contributed by atoms with E-state index in [0.717, 1.165) is 11.1 Å². The molecule has 106 valence electrons. The quantitative estimate of drug-likeness (QED) is 0.889. The Kier molecular flexibility index (Phi) is 4.71. The highest BCUT2D eigenvalue weighted by molar-refractivity contribution is 6.32. The number of phenolic OH excluding ortho intramolecular Hbond substituents is 1. The molecule has 0 fully saturated rings. The van der Waals surface area contributed by atoms with Gasteiger partial charge in [-0.15, -0.1) is 0 Å². The third-order valence-corrected chi connectivity index (χ3v) is 3.13. The van der Waals surface area contributed by atoms with Crippen LogP contribution in [0.5, 0.6) is 17.2 Å². The Balaban J connectivity index is 2.18.